The highest BCUT2D eigenvalue weighted by molar-refractivity contribution is 8.01. The van der Waals surface area contributed by atoms with E-state index < -0.39 is 0 Å². The van der Waals surface area contributed by atoms with Crippen molar-refractivity contribution >= 4 is 29.3 Å². The average Bonchev–Trinajstić information content (AvgIpc) is 2.50. The van der Waals surface area contributed by atoms with E-state index in [9.17, 15) is 9.59 Å². The Kier molecular flexibility index (Phi) is 4.71. The molecule has 2 aliphatic rings. The number of nitrogens with one attached hydrogen (secondary N) is 2. The molecule has 1 saturated carbocycles. The Morgan fingerprint density at radius 1 is 1.27 bits per heavy atom. The second-order valence-electron chi connectivity index (χ2n) is 6.32. The fourth-order valence-electron chi connectivity index (χ4n) is 3.09. The normalized spacial score (nSPS) is 27.7. The second-order valence-corrected chi connectivity index (χ2v) is 7.56. The van der Waals surface area contributed by atoms with Gasteiger partial charge in [0.05, 0.1) is 10.9 Å². The third-order valence-corrected chi connectivity index (χ3v) is 5.73. The lowest BCUT2D eigenvalue weighted by Gasteiger charge is -2.28. The van der Waals surface area contributed by atoms with Crippen LogP contribution in [-0.2, 0) is 9.59 Å². The first kappa shape index (κ1) is 15.4. The van der Waals surface area contributed by atoms with Gasteiger partial charge in [-0.2, -0.15) is 0 Å². The van der Waals surface area contributed by atoms with Gasteiger partial charge < -0.3 is 10.6 Å². The highest BCUT2D eigenvalue weighted by atomic mass is 32.2. The Labute approximate surface area is 135 Å². The SMILES string of the molecule is CC1CCC(NC(=O)CC2Sc3ccccc3NC2=O)CC1. The first-order valence-corrected chi connectivity index (χ1v) is 8.85. The topological polar surface area (TPSA) is 58.2 Å². The Hall–Kier alpha value is -1.49. The van der Waals surface area contributed by atoms with Crippen LogP contribution in [0.25, 0.3) is 0 Å². The van der Waals surface area contributed by atoms with Crippen LogP contribution >= 0.6 is 11.8 Å². The standard InChI is InChI=1S/C17H22N2O2S/c1-11-6-8-12(9-7-11)18-16(20)10-15-17(21)19-13-4-2-3-5-14(13)22-15/h2-5,11-12,15H,6-10H2,1H3,(H,18,20)(H,19,21). The number of benzene rings is 1. The van der Waals surface area contributed by atoms with Crippen LogP contribution in [0.15, 0.2) is 29.2 Å². The maximum atomic E-state index is 12.2. The number of carbonyl (C=O) groups is 2. The molecule has 1 unspecified atom stereocenters. The predicted octanol–water partition coefficient (Wildman–Crippen LogP) is 3.18. The van der Waals surface area contributed by atoms with Gasteiger partial charge in [0, 0.05) is 17.4 Å². The maximum Gasteiger partial charge on any atom is 0.238 e. The summed E-state index contributed by atoms with van der Waals surface area (Å²) in [4.78, 5) is 25.4. The molecule has 1 aliphatic heterocycles. The molecule has 3 rings (SSSR count). The summed E-state index contributed by atoms with van der Waals surface area (Å²) in [6.07, 6.45) is 4.71. The molecule has 5 heteroatoms. The lowest BCUT2D eigenvalue weighted by Crippen LogP contribution is -2.40. The molecule has 0 aromatic heterocycles. The summed E-state index contributed by atoms with van der Waals surface area (Å²) in [6.45, 7) is 2.26. The molecule has 0 radical (unpaired) electrons. The van der Waals surface area contributed by atoms with Crippen molar-refractivity contribution < 1.29 is 9.59 Å². The molecule has 2 N–H and O–H groups in total. The van der Waals surface area contributed by atoms with Gasteiger partial charge in [-0.3, -0.25) is 9.59 Å². The Morgan fingerprint density at radius 2 is 2.00 bits per heavy atom. The van der Waals surface area contributed by atoms with Crippen LogP contribution in [0.2, 0.25) is 0 Å². The number of para-hydroxylation sites is 1. The number of amides is 2. The van der Waals surface area contributed by atoms with E-state index >= 15 is 0 Å². The zero-order valence-electron chi connectivity index (χ0n) is 12.8. The van der Waals surface area contributed by atoms with Crippen LogP contribution < -0.4 is 10.6 Å². The maximum absolute atomic E-state index is 12.2. The molecule has 2 amide bonds. The molecule has 118 valence electrons. The minimum Gasteiger partial charge on any atom is -0.353 e. The van der Waals surface area contributed by atoms with Crippen molar-refractivity contribution in [3.63, 3.8) is 0 Å². The van der Waals surface area contributed by atoms with E-state index in [0.717, 1.165) is 29.3 Å². The predicted molar refractivity (Wildman–Crippen MR) is 88.9 cm³/mol. The minimum absolute atomic E-state index is 0.00779. The van der Waals surface area contributed by atoms with Crippen molar-refractivity contribution in [3.8, 4) is 0 Å². The van der Waals surface area contributed by atoms with Crippen LogP contribution in [0.3, 0.4) is 0 Å². The van der Waals surface area contributed by atoms with Gasteiger partial charge in [-0.25, -0.2) is 0 Å². The smallest absolute Gasteiger partial charge is 0.238 e. The first-order valence-electron chi connectivity index (χ1n) is 7.97. The summed E-state index contributed by atoms with van der Waals surface area (Å²) >= 11 is 1.48. The Balaban J connectivity index is 1.54. The van der Waals surface area contributed by atoms with E-state index in [1.807, 2.05) is 24.3 Å². The van der Waals surface area contributed by atoms with Crippen molar-refractivity contribution in [3.05, 3.63) is 24.3 Å². The van der Waals surface area contributed by atoms with E-state index in [0.29, 0.717) is 0 Å². The number of hydrogen-bond donors (Lipinski definition) is 2. The van der Waals surface area contributed by atoms with Gasteiger partial charge in [-0.1, -0.05) is 19.1 Å². The van der Waals surface area contributed by atoms with Crippen molar-refractivity contribution in [1.82, 2.24) is 5.32 Å². The zero-order valence-corrected chi connectivity index (χ0v) is 13.6. The second kappa shape index (κ2) is 6.73. The molecule has 4 nitrogen and oxygen atoms in total. The van der Waals surface area contributed by atoms with E-state index in [4.69, 9.17) is 0 Å². The van der Waals surface area contributed by atoms with Gasteiger partial charge in [-0.05, 0) is 43.7 Å². The number of fused-ring (bicyclic) bond motifs is 1. The fourth-order valence-corrected chi connectivity index (χ4v) is 4.20. The zero-order chi connectivity index (χ0) is 15.5. The number of carbonyl (C=O) groups excluding carboxylic acids is 2. The van der Waals surface area contributed by atoms with Crippen molar-refractivity contribution in [1.29, 1.82) is 0 Å². The molecule has 0 bridgehead atoms. The minimum atomic E-state index is -0.336. The summed E-state index contributed by atoms with van der Waals surface area (Å²) in [7, 11) is 0. The monoisotopic (exact) mass is 318 g/mol. The van der Waals surface area contributed by atoms with E-state index in [-0.39, 0.29) is 29.5 Å². The molecule has 1 atom stereocenters. The van der Waals surface area contributed by atoms with E-state index in [2.05, 4.69) is 17.6 Å². The van der Waals surface area contributed by atoms with Crippen LogP contribution in [-0.4, -0.2) is 23.1 Å². The number of anilines is 1. The molecule has 1 aromatic rings. The molecular formula is C17H22N2O2S. The summed E-state index contributed by atoms with van der Waals surface area (Å²) in [5.74, 6) is 0.687. The number of rotatable bonds is 3. The van der Waals surface area contributed by atoms with E-state index in [1.54, 1.807) is 0 Å². The molecule has 0 saturated heterocycles. The Morgan fingerprint density at radius 3 is 2.77 bits per heavy atom. The molecule has 1 heterocycles. The highest BCUT2D eigenvalue weighted by Gasteiger charge is 2.29. The number of thioether (sulfide) groups is 1. The van der Waals surface area contributed by atoms with Crippen LogP contribution in [0.5, 0.6) is 0 Å². The number of hydrogen-bond acceptors (Lipinski definition) is 3. The van der Waals surface area contributed by atoms with Crippen molar-refractivity contribution in [2.24, 2.45) is 5.92 Å². The van der Waals surface area contributed by atoms with Gasteiger partial charge in [-0.15, -0.1) is 11.8 Å². The third kappa shape index (κ3) is 3.64. The third-order valence-electron chi connectivity index (χ3n) is 4.46. The largest absolute Gasteiger partial charge is 0.353 e. The summed E-state index contributed by atoms with van der Waals surface area (Å²) in [5, 5.41) is 5.65. The highest BCUT2D eigenvalue weighted by Crippen LogP contribution is 2.36. The lowest BCUT2D eigenvalue weighted by atomic mass is 9.87. The van der Waals surface area contributed by atoms with Crippen molar-refractivity contribution in [2.45, 2.75) is 55.2 Å². The molecule has 1 aliphatic carbocycles. The molecule has 1 fully saturated rings. The Bertz CT molecular complexity index is 568. The average molecular weight is 318 g/mol. The lowest BCUT2D eigenvalue weighted by molar-refractivity contribution is -0.124. The van der Waals surface area contributed by atoms with Gasteiger partial charge in [0.25, 0.3) is 0 Å². The molecule has 22 heavy (non-hydrogen) atoms. The van der Waals surface area contributed by atoms with Crippen LogP contribution in [0.1, 0.15) is 39.0 Å². The van der Waals surface area contributed by atoms with E-state index in [1.165, 1.54) is 24.6 Å². The summed E-state index contributed by atoms with van der Waals surface area (Å²) < 4.78 is 0. The van der Waals surface area contributed by atoms with Gasteiger partial charge in [0.2, 0.25) is 11.8 Å². The first-order chi connectivity index (χ1) is 10.6. The molecule has 1 aromatic carbocycles. The summed E-state index contributed by atoms with van der Waals surface area (Å²) in [5.41, 5.74) is 0.843. The quantitative estimate of drug-likeness (QED) is 0.900. The summed E-state index contributed by atoms with van der Waals surface area (Å²) in [6, 6.07) is 8.00. The molecule has 0 spiro atoms. The molecular weight excluding hydrogens is 296 g/mol. The van der Waals surface area contributed by atoms with Gasteiger partial charge in [0.15, 0.2) is 0 Å². The van der Waals surface area contributed by atoms with Gasteiger partial charge in [0.1, 0.15) is 0 Å². The fraction of sp³-hybridized carbons (Fsp3) is 0.529. The van der Waals surface area contributed by atoms with Crippen molar-refractivity contribution in [2.75, 3.05) is 5.32 Å². The van der Waals surface area contributed by atoms with Crippen LogP contribution in [0.4, 0.5) is 5.69 Å². The van der Waals surface area contributed by atoms with Crippen LogP contribution in [0, 0.1) is 5.92 Å². The van der Waals surface area contributed by atoms with Gasteiger partial charge >= 0.3 is 0 Å².